The maximum Gasteiger partial charge on any atom is 0.0540 e. The zero-order valence-corrected chi connectivity index (χ0v) is 11.2. The third kappa shape index (κ3) is 1.87. The summed E-state index contributed by atoms with van der Waals surface area (Å²) < 4.78 is 2.35. The molecule has 0 saturated carbocycles. The summed E-state index contributed by atoms with van der Waals surface area (Å²) in [5, 5.41) is 6.67. The second-order valence-corrected chi connectivity index (χ2v) is 4.52. The third-order valence-corrected chi connectivity index (χ3v) is 3.46. The Hall–Kier alpha value is -2.29. The normalized spacial score (nSPS) is 11.7. The Morgan fingerprint density at radius 2 is 1.89 bits per heavy atom. The summed E-state index contributed by atoms with van der Waals surface area (Å²) in [6, 6.07) is 15.0. The van der Waals surface area contributed by atoms with Crippen molar-refractivity contribution in [2.45, 2.75) is 13.5 Å². The van der Waals surface area contributed by atoms with E-state index in [0.29, 0.717) is 0 Å². The van der Waals surface area contributed by atoms with E-state index in [9.17, 15) is 0 Å². The van der Waals surface area contributed by atoms with Crippen molar-refractivity contribution in [3.05, 3.63) is 48.0 Å². The molecule has 0 unspecified atom stereocenters. The Balaban J connectivity index is 2.33. The monoisotopic (exact) mass is 251 g/mol. The lowest BCUT2D eigenvalue weighted by atomic mass is 10.1. The lowest BCUT2D eigenvalue weighted by Crippen LogP contribution is -1.95. The minimum absolute atomic E-state index is 0.980. The highest BCUT2D eigenvalue weighted by molar-refractivity contribution is 6.09. The van der Waals surface area contributed by atoms with Gasteiger partial charge < -0.3 is 9.99 Å². The van der Waals surface area contributed by atoms with E-state index in [-0.39, 0.29) is 0 Å². The Kier molecular flexibility index (Phi) is 2.95. The Labute approximate surface area is 112 Å². The first kappa shape index (κ1) is 11.8. The molecule has 3 heteroatoms. The number of rotatable bonds is 3. The summed E-state index contributed by atoms with van der Waals surface area (Å²) in [4.78, 5) is 0. The van der Waals surface area contributed by atoms with Crippen LogP contribution in [0.15, 0.2) is 47.6 Å². The van der Waals surface area contributed by atoms with Gasteiger partial charge in [-0.05, 0) is 30.7 Å². The van der Waals surface area contributed by atoms with Gasteiger partial charge in [-0.25, -0.2) is 0 Å². The maximum absolute atomic E-state index is 4.07. The topological polar surface area (TPSA) is 29.3 Å². The second-order valence-electron chi connectivity index (χ2n) is 4.52. The molecule has 1 heterocycles. The number of benzene rings is 2. The van der Waals surface area contributed by atoms with E-state index in [0.717, 1.165) is 12.1 Å². The number of para-hydroxylation sites is 1. The first-order valence-electron chi connectivity index (χ1n) is 6.56. The van der Waals surface area contributed by atoms with Crippen molar-refractivity contribution in [3.8, 4) is 0 Å². The molecule has 0 aliphatic carbocycles. The SMILES string of the molecule is CCn1c2ccccc2c2cc(/C=N/NC)ccc21. The summed E-state index contributed by atoms with van der Waals surface area (Å²) >= 11 is 0. The Bertz CT molecular complexity index is 753. The fraction of sp³-hybridized carbons (Fsp3) is 0.188. The number of hydrogen-bond donors (Lipinski definition) is 1. The number of nitrogens with zero attached hydrogens (tertiary/aromatic N) is 2. The molecule has 0 fully saturated rings. The molecule has 0 amide bonds. The zero-order valence-electron chi connectivity index (χ0n) is 11.2. The molecule has 3 aromatic rings. The van der Waals surface area contributed by atoms with Crippen LogP contribution in [0.5, 0.6) is 0 Å². The number of aromatic nitrogens is 1. The van der Waals surface area contributed by atoms with Gasteiger partial charge in [0, 0.05) is 35.4 Å². The molecule has 0 bridgehead atoms. The Morgan fingerprint density at radius 3 is 2.68 bits per heavy atom. The first-order valence-corrected chi connectivity index (χ1v) is 6.56. The average molecular weight is 251 g/mol. The van der Waals surface area contributed by atoms with E-state index >= 15 is 0 Å². The van der Waals surface area contributed by atoms with E-state index in [2.05, 4.69) is 64.5 Å². The third-order valence-electron chi connectivity index (χ3n) is 3.46. The number of hydrazone groups is 1. The molecule has 96 valence electrons. The van der Waals surface area contributed by atoms with Gasteiger partial charge in [-0.2, -0.15) is 5.10 Å². The number of fused-ring (bicyclic) bond motifs is 3. The molecule has 0 saturated heterocycles. The van der Waals surface area contributed by atoms with Gasteiger partial charge in [0.1, 0.15) is 0 Å². The highest BCUT2D eigenvalue weighted by Crippen LogP contribution is 2.29. The molecule has 0 aliphatic heterocycles. The minimum atomic E-state index is 0.980. The molecule has 0 radical (unpaired) electrons. The van der Waals surface area contributed by atoms with Crippen molar-refractivity contribution in [3.63, 3.8) is 0 Å². The van der Waals surface area contributed by atoms with Crippen LogP contribution in [0.1, 0.15) is 12.5 Å². The molecule has 0 spiro atoms. The largest absolute Gasteiger partial charge is 0.341 e. The number of nitrogens with one attached hydrogen (secondary N) is 1. The van der Waals surface area contributed by atoms with Gasteiger partial charge in [-0.3, -0.25) is 0 Å². The van der Waals surface area contributed by atoms with Crippen LogP contribution in [0.3, 0.4) is 0 Å². The number of hydrogen-bond acceptors (Lipinski definition) is 2. The van der Waals surface area contributed by atoms with E-state index in [1.165, 1.54) is 21.8 Å². The maximum atomic E-state index is 4.07. The van der Waals surface area contributed by atoms with Gasteiger partial charge in [0.05, 0.1) is 6.21 Å². The molecule has 3 rings (SSSR count). The van der Waals surface area contributed by atoms with E-state index < -0.39 is 0 Å². The zero-order chi connectivity index (χ0) is 13.2. The predicted octanol–water partition coefficient (Wildman–Crippen LogP) is 3.37. The molecule has 0 aliphatic rings. The predicted molar refractivity (Wildman–Crippen MR) is 81.8 cm³/mol. The van der Waals surface area contributed by atoms with Crippen molar-refractivity contribution in [2.24, 2.45) is 5.10 Å². The lowest BCUT2D eigenvalue weighted by Gasteiger charge is -2.02. The van der Waals surface area contributed by atoms with Crippen LogP contribution in [0.4, 0.5) is 0 Å². The fourth-order valence-corrected chi connectivity index (χ4v) is 2.63. The van der Waals surface area contributed by atoms with Crippen molar-refractivity contribution < 1.29 is 0 Å². The minimum Gasteiger partial charge on any atom is -0.341 e. The van der Waals surface area contributed by atoms with Crippen LogP contribution in [0.2, 0.25) is 0 Å². The van der Waals surface area contributed by atoms with Crippen LogP contribution < -0.4 is 5.43 Å². The van der Waals surface area contributed by atoms with E-state index in [1.807, 2.05) is 6.21 Å². The molecule has 2 aromatic carbocycles. The molecular weight excluding hydrogens is 234 g/mol. The second kappa shape index (κ2) is 4.76. The molecule has 1 aromatic heterocycles. The summed E-state index contributed by atoms with van der Waals surface area (Å²) in [6.45, 7) is 3.16. The quantitative estimate of drug-likeness (QED) is 0.561. The molecular formula is C16H17N3. The summed E-state index contributed by atoms with van der Waals surface area (Å²) in [5.74, 6) is 0. The van der Waals surface area contributed by atoms with E-state index in [1.54, 1.807) is 7.05 Å². The highest BCUT2D eigenvalue weighted by Gasteiger charge is 2.08. The van der Waals surface area contributed by atoms with Crippen LogP contribution in [-0.2, 0) is 6.54 Å². The average Bonchev–Trinajstić information content (AvgIpc) is 2.78. The van der Waals surface area contributed by atoms with Gasteiger partial charge in [0.2, 0.25) is 0 Å². The van der Waals surface area contributed by atoms with Gasteiger partial charge in [0.25, 0.3) is 0 Å². The van der Waals surface area contributed by atoms with Crippen molar-refractivity contribution in [1.82, 2.24) is 9.99 Å². The lowest BCUT2D eigenvalue weighted by molar-refractivity contribution is 0.827. The highest BCUT2D eigenvalue weighted by atomic mass is 15.3. The smallest absolute Gasteiger partial charge is 0.0540 e. The van der Waals surface area contributed by atoms with Crippen LogP contribution in [0, 0.1) is 0 Å². The fourth-order valence-electron chi connectivity index (χ4n) is 2.63. The molecule has 1 N–H and O–H groups in total. The molecule has 3 nitrogen and oxygen atoms in total. The standard InChI is InChI=1S/C16H17N3/c1-3-19-15-7-5-4-6-13(15)14-10-12(11-18-17-2)8-9-16(14)19/h4-11,17H,3H2,1-2H3/b18-11+. The summed E-state index contributed by atoms with van der Waals surface area (Å²) in [5.41, 5.74) is 6.47. The van der Waals surface area contributed by atoms with Crippen LogP contribution in [0.25, 0.3) is 21.8 Å². The number of aryl methyl sites for hydroxylation is 1. The molecule has 19 heavy (non-hydrogen) atoms. The van der Waals surface area contributed by atoms with Crippen molar-refractivity contribution in [2.75, 3.05) is 7.05 Å². The van der Waals surface area contributed by atoms with Crippen LogP contribution >= 0.6 is 0 Å². The van der Waals surface area contributed by atoms with Gasteiger partial charge in [0.15, 0.2) is 0 Å². The van der Waals surface area contributed by atoms with Crippen molar-refractivity contribution in [1.29, 1.82) is 0 Å². The summed E-state index contributed by atoms with van der Waals surface area (Å²) in [7, 11) is 1.80. The summed E-state index contributed by atoms with van der Waals surface area (Å²) in [6.07, 6.45) is 1.84. The van der Waals surface area contributed by atoms with Gasteiger partial charge in [-0.1, -0.05) is 24.3 Å². The van der Waals surface area contributed by atoms with Gasteiger partial charge >= 0.3 is 0 Å². The van der Waals surface area contributed by atoms with Gasteiger partial charge in [-0.15, -0.1) is 0 Å². The van der Waals surface area contributed by atoms with E-state index in [4.69, 9.17) is 0 Å². The van der Waals surface area contributed by atoms with Crippen LogP contribution in [-0.4, -0.2) is 17.8 Å². The van der Waals surface area contributed by atoms with Crippen molar-refractivity contribution >= 4 is 28.0 Å². The first-order chi connectivity index (χ1) is 9.35. The Morgan fingerprint density at radius 1 is 1.11 bits per heavy atom. The molecule has 0 atom stereocenters.